The number of aliphatic hydroxyl groups is 2. The highest BCUT2D eigenvalue weighted by atomic mass is 31.3. The molecule has 0 spiro atoms. The third kappa shape index (κ3) is 6.13. The summed E-state index contributed by atoms with van der Waals surface area (Å²) in [5.41, 5.74) is -7.76. The Kier molecular flexibility index (Phi) is 7.77. The van der Waals surface area contributed by atoms with Crippen molar-refractivity contribution in [2.45, 2.75) is 23.5 Å². The lowest BCUT2D eigenvalue weighted by molar-refractivity contribution is -0.137. The minimum atomic E-state index is -5.90. The second-order valence-corrected chi connectivity index (χ2v) is 10.8. The second-order valence-electron chi connectivity index (χ2n) is 6.42. The first kappa shape index (κ1) is 27.7. The van der Waals surface area contributed by atoms with Gasteiger partial charge in [0.2, 0.25) is 0 Å². The molecule has 21 heteroatoms. The Bertz CT molecular complexity index is 1200. The van der Waals surface area contributed by atoms with Crippen LogP contribution in [0.15, 0.2) is 21.9 Å². The Balaban J connectivity index is 2.35. The van der Waals surface area contributed by atoms with Crippen LogP contribution < -0.4 is 11.2 Å². The molecule has 1 aromatic rings. The molecular weight excluding hydrogens is 524 g/mol. The summed E-state index contributed by atoms with van der Waals surface area (Å²) in [5.74, 6) is 1.68. The van der Waals surface area contributed by atoms with E-state index in [1.807, 2.05) is 0 Å². The molecule has 7 N–H and O–H groups in total. The Labute approximate surface area is 181 Å². The average molecular weight is 540 g/mol. The molecule has 0 radical (unpaired) electrons. The molecule has 6 atom stereocenters. The monoisotopic (exact) mass is 540 g/mol. The van der Waals surface area contributed by atoms with Crippen molar-refractivity contribution < 1.29 is 65.8 Å². The predicted molar refractivity (Wildman–Crippen MR) is 99.8 cm³/mol. The van der Waals surface area contributed by atoms with Crippen LogP contribution in [-0.4, -0.2) is 69.9 Å². The van der Waals surface area contributed by atoms with E-state index in [1.165, 1.54) is 0 Å². The molecule has 2 rings (SSSR count). The summed E-state index contributed by atoms with van der Waals surface area (Å²) in [7, 11) is -17.4. The van der Waals surface area contributed by atoms with Gasteiger partial charge in [0.15, 0.2) is 17.4 Å². The molecule has 0 bridgehead atoms. The Morgan fingerprint density at radius 1 is 1.21 bits per heavy atom. The second kappa shape index (κ2) is 9.25. The number of hydrogen-bond acceptors (Lipinski definition) is 11. The van der Waals surface area contributed by atoms with Gasteiger partial charge in [0.25, 0.3) is 5.56 Å². The summed E-state index contributed by atoms with van der Waals surface area (Å²) in [4.78, 5) is 60.7. The summed E-state index contributed by atoms with van der Waals surface area (Å²) < 4.78 is 64.7. The third-order valence-electron chi connectivity index (χ3n) is 4.09. The van der Waals surface area contributed by atoms with Crippen LogP contribution in [-0.2, 0) is 31.6 Å². The number of H-pyrrole nitrogens is 1. The number of rotatable bonds is 9. The molecule has 0 saturated carbocycles. The summed E-state index contributed by atoms with van der Waals surface area (Å²) >= 11 is 0. The summed E-state index contributed by atoms with van der Waals surface area (Å²) in [6, 6.07) is 0.787. The summed E-state index contributed by atoms with van der Waals surface area (Å²) in [6.07, 6.45) is 1.40. The zero-order chi connectivity index (χ0) is 25.5. The number of terminal acetylenes is 1. The fraction of sp³-hybridized carbons (Fsp3) is 0.500. The van der Waals surface area contributed by atoms with Gasteiger partial charge < -0.3 is 34.5 Å². The van der Waals surface area contributed by atoms with Gasteiger partial charge in [0, 0.05) is 12.3 Å². The van der Waals surface area contributed by atoms with Gasteiger partial charge in [-0.3, -0.25) is 18.9 Å². The number of aromatic amines is 1. The molecular formula is C12H16FN2O15P3. The van der Waals surface area contributed by atoms with Gasteiger partial charge in [-0.05, 0) is 0 Å². The van der Waals surface area contributed by atoms with Gasteiger partial charge in [-0.15, -0.1) is 6.42 Å². The maximum Gasteiger partial charge on any atom is 0.490 e. The van der Waals surface area contributed by atoms with Crippen molar-refractivity contribution in [3.8, 4) is 12.3 Å². The minimum Gasteiger partial charge on any atom is -0.386 e. The van der Waals surface area contributed by atoms with Crippen LogP contribution in [0.4, 0.5) is 4.39 Å². The van der Waals surface area contributed by atoms with E-state index < -0.39 is 71.5 Å². The number of hydrogen-bond donors (Lipinski definition) is 7. The van der Waals surface area contributed by atoms with E-state index >= 15 is 0 Å². The number of aromatic nitrogens is 2. The summed E-state index contributed by atoms with van der Waals surface area (Å²) in [5, 5.41) is 21.1. The minimum absolute atomic E-state index is 0.465. The first-order chi connectivity index (χ1) is 14.9. The zero-order valence-electron chi connectivity index (χ0n) is 15.8. The van der Waals surface area contributed by atoms with E-state index in [2.05, 4.69) is 13.1 Å². The van der Waals surface area contributed by atoms with Crippen molar-refractivity contribution >= 4 is 23.5 Å². The van der Waals surface area contributed by atoms with Crippen LogP contribution in [0.2, 0.25) is 0 Å². The molecule has 0 amide bonds. The van der Waals surface area contributed by atoms with Crippen molar-refractivity contribution in [3.63, 3.8) is 0 Å². The first-order valence-electron chi connectivity index (χ1n) is 8.12. The lowest BCUT2D eigenvalue weighted by atomic mass is 9.87. The SMILES string of the molecule is C#C[C@@]1(O)[C@H](O)[C@@](CF)(COP(=O)(O)OP(=O)(O)OP(=O)(O)O)O[C@H]1n1ccc(=O)[nH]c1=O. The first-order valence-corrected chi connectivity index (χ1v) is 12.6. The third-order valence-corrected chi connectivity index (χ3v) is 7.87. The van der Waals surface area contributed by atoms with E-state index in [1.54, 1.807) is 10.9 Å². The molecule has 1 fully saturated rings. The van der Waals surface area contributed by atoms with Crippen molar-refractivity contribution in [1.29, 1.82) is 0 Å². The van der Waals surface area contributed by atoms with E-state index in [0.717, 1.165) is 12.3 Å². The van der Waals surface area contributed by atoms with Gasteiger partial charge in [-0.25, -0.2) is 22.9 Å². The zero-order valence-corrected chi connectivity index (χ0v) is 18.5. The van der Waals surface area contributed by atoms with Gasteiger partial charge in [-0.1, -0.05) is 5.92 Å². The topological polar surface area (TPSA) is 264 Å². The molecule has 33 heavy (non-hydrogen) atoms. The van der Waals surface area contributed by atoms with Crippen LogP contribution in [0.3, 0.4) is 0 Å². The lowest BCUT2D eigenvalue weighted by Gasteiger charge is -2.30. The molecule has 1 aromatic heterocycles. The Morgan fingerprint density at radius 3 is 2.30 bits per heavy atom. The van der Waals surface area contributed by atoms with E-state index in [4.69, 9.17) is 25.8 Å². The van der Waals surface area contributed by atoms with Gasteiger partial charge in [-0.2, -0.15) is 8.62 Å². The van der Waals surface area contributed by atoms with Gasteiger partial charge in [0.05, 0.1) is 6.61 Å². The highest BCUT2D eigenvalue weighted by Crippen LogP contribution is 2.66. The lowest BCUT2D eigenvalue weighted by Crippen LogP contribution is -2.54. The standard InChI is InChI=1S/C12H16FN2O15P3/c1-2-12(19)8(17)11(5-13,28-9(12)15-4-3-7(16)14-10(15)18)6-27-32(23,24)30-33(25,26)29-31(20,21)22/h1,3-4,8-9,17,19H,5-6H2,(H,23,24)(H,25,26)(H,14,16,18)(H2,20,21,22)/t8-,9-,11-,12-/m1/s1. The van der Waals surface area contributed by atoms with Crippen LogP contribution >= 0.6 is 23.5 Å². The number of nitrogens with zero attached hydrogens (tertiary/aromatic N) is 1. The molecule has 17 nitrogen and oxygen atoms in total. The van der Waals surface area contributed by atoms with Crippen LogP contribution in [0.25, 0.3) is 0 Å². The van der Waals surface area contributed by atoms with Crippen LogP contribution in [0.5, 0.6) is 0 Å². The van der Waals surface area contributed by atoms with Crippen LogP contribution in [0, 0.1) is 12.3 Å². The molecule has 186 valence electrons. The molecule has 0 aliphatic carbocycles. The smallest absolute Gasteiger partial charge is 0.386 e. The normalized spacial score (nSPS) is 31.5. The molecule has 1 aliphatic rings. The highest BCUT2D eigenvalue weighted by Gasteiger charge is 2.65. The number of nitrogens with one attached hydrogen (secondary N) is 1. The maximum atomic E-state index is 13.9. The van der Waals surface area contributed by atoms with Crippen LogP contribution in [0.1, 0.15) is 6.23 Å². The average Bonchev–Trinajstić information content (AvgIpc) is 2.86. The molecule has 1 saturated heterocycles. The van der Waals surface area contributed by atoms with Gasteiger partial charge in [0.1, 0.15) is 12.8 Å². The van der Waals surface area contributed by atoms with Crippen molar-refractivity contribution in [1.82, 2.24) is 9.55 Å². The number of aliphatic hydroxyl groups excluding tert-OH is 1. The number of ether oxygens (including phenoxy) is 1. The summed E-state index contributed by atoms with van der Waals surface area (Å²) in [6.45, 7) is -3.34. The van der Waals surface area contributed by atoms with E-state index in [-0.39, 0.29) is 0 Å². The Morgan fingerprint density at radius 2 is 1.82 bits per heavy atom. The molecule has 2 unspecified atom stereocenters. The largest absolute Gasteiger partial charge is 0.490 e. The highest BCUT2D eigenvalue weighted by molar-refractivity contribution is 7.66. The maximum absolute atomic E-state index is 13.9. The quantitative estimate of drug-likeness (QED) is 0.130. The predicted octanol–water partition coefficient (Wildman–Crippen LogP) is -2.16. The number of halogens is 1. The molecule has 1 aliphatic heterocycles. The van der Waals surface area contributed by atoms with E-state index in [0.29, 0.717) is 4.57 Å². The number of phosphoric ester groups is 1. The fourth-order valence-corrected chi connectivity index (χ4v) is 5.77. The fourth-order valence-electron chi connectivity index (χ4n) is 2.69. The van der Waals surface area contributed by atoms with Crippen molar-refractivity contribution in [3.05, 3.63) is 33.1 Å². The number of phosphoric acid groups is 3. The Hall–Kier alpha value is -1.54. The molecule has 2 heterocycles. The van der Waals surface area contributed by atoms with E-state index in [9.17, 15) is 42.8 Å². The molecule has 0 aromatic carbocycles. The van der Waals surface area contributed by atoms with Crippen molar-refractivity contribution in [2.75, 3.05) is 13.3 Å². The number of alkyl halides is 1. The van der Waals surface area contributed by atoms with Gasteiger partial charge >= 0.3 is 29.2 Å². The van der Waals surface area contributed by atoms with Crippen molar-refractivity contribution in [2.24, 2.45) is 0 Å².